The fourth-order valence-corrected chi connectivity index (χ4v) is 1.28. The van der Waals surface area contributed by atoms with Crippen molar-refractivity contribution in [2.24, 2.45) is 0 Å². The molecule has 0 aliphatic rings. The number of nitrogens with one attached hydrogen (secondary N) is 1. The molecular formula is C10H10FN3O. The number of aromatic amines is 1. The molecule has 0 bridgehead atoms. The van der Waals surface area contributed by atoms with Crippen LogP contribution < -0.4 is 0 Å². The molecule has 0 aliphatic heterocycles. The van der Waals surface area contributed by atoms with Gasteiger partial charge in [0.2, 0.25) is 0 Å². The highest BCUT2D eigenvalue weighted by atomic mass is 19.1. The molecule has 0 fully saturated rings. The van der Waals surface area contributed by atoms with E-state index in [4.69, 9.17) is 5.11 Å². The third-order valence-corrected chi connectivity index (χ3v) is 2.00. The summed E-state index contributed by atoms with van der Waals surface area (Å²) >= 11 is 0. The monoisotopic (exact) mass is 207 g/mol. The molecule has 1 aromatic heterocycles. The molecule has 0 unspecified atom stereocenters. The molecule has 0 spiro atoms. The first-order valence-electron chi connectivity index (χ1n) is 4.53. The van der Waals surface area contributed by atoms with E-state index in [0.29, 0.717) is 18.1 Å². The zero-order valence-corrected chi connectivity index (χ0v) is 7.94. The Labute approximate surface area is 85.8 Å². The van der Waals surface area contributed by atoms with Crippen LogP contribution in [0.25, 0.3) is 0 Å². The lowest BCUT2D eigenvalue weighted by Crippen LogP contribution is -1.91. The molecule has 15 heavy (non-hydrogen) atoms. The van der Waals surface area contributed by atoms with Gasteiger partial charge in [0.05, 0.1) is 0 Å². The van der Waals surface area contributed by atoms with Crippen molar-refractivity contribution in [3.8, 4) is 0 Å². The van der Waals surface area contributed by atoms with E-state index in [1.54, 1.807) is 12.1 Å². The van der Waals surface area contributed by atoms with Crippen LogP contribution in [0.4, 0.5) is 4.39 Å². The molecule has 1 aromatic carbocycles. The summed E-state index contributed by atoms with van der Waals surface area (Å²) < 4.78 is 12.6. The maximum absolute atomic E-state index is 12.6. The number of rotatable bonds is 3. The molecule has 4 nitrogen and oxygen atoms in total. The first kappa shape index (κ1) is 9.79. The molecule has 0 atom stereocenters. The Morgan fingerprint density at radius 2 is 2.00 bits per heavy atom. The Morgan fingerprint density at radius 1 is 1.27 bits per heavy atom. The van der Waals surface area contributed by atoms with Crippen LogP contribution in [-0.4, -0.2) is 20.3 Å². The van der Waals surface area contributed by atoms with Crippen molar-refractivity contribution >= 4 is 0 Å². The highest BCUT2D eigenvalue weighted by Crippen LogP contribution is 2.07. The van der Waals surface area contributed by atoms with Crippen LogP contribution in [-0.2, 0) is 13.0 Å². The predicted molar refractivity (Wildman–Crippen MR) is 51.5 cm³/mol. The van der Waals surface area contributed by atoms with Crippen LogP contribution in [0.15, 0.2) is 24.3 Å². The predicted octanol–water partition coefficient (Wildman–Crippen LogP) is 1.03. The second-order valence-corrected chi connectivity index (χ2v) is 3.16. The second kappa shape index (κ2) is 4.18. The summed E-state index contributed by atoms with van der Waals surface area (Å²) in [5.74, 6) is 0.769. The van der Waals surface area contributed by atoms with Crippen LogP contribution in [0.5, 0.6) is 0 Å². The number of nitrogens with zero attached hydrogens (tertiary/aromatic N) is 2. The van der Waals surface area contributed by atoms with E-state index < -0.39 is 0 Å². The van der Waals surface area contributed by atoms with Crippen molar-refractivity contribution < 1.29 is 9.50 Å². The Morgan fingerprint density at radius 3 is 2.60 bits per heavy atom. The molecule has 1 heterocycles. The number of aliphatic hydroxyl groups excluding tert-OH is 1. The molecule has 0 saturated carbocycles. The highest BCUT2D eigenvalue weighted by molar-refractivity contribution is 5.19. The van der Waals surface area contributed by atoms with Gasteiger partial charge in [0, 0.05) is 6.42 Å². The lowest BCUT2D eigenvalue weighted by molar-refractivity contribution is 0.272. The van der Waals surface area contributed by atoms with Gasteiger partial charge in [-0.25, -0.2) is 9.37 Å². The Hall–Kier alpha value is -1.75. The zero-order chi connectivity index (χ0) is 10.7. The molecule has 5 heteroatoms. The lowest BCUT2D eigenvalue weighted by Gasteiger charge is -1.96. The average molecular weight is 207 g/mol. The Balaban J connectivity index is 2.11. The molecule has 2 rings (SSSR count). The average Bonchev–Trinajstić information content (AvgIpc) is 2.69. The smallest absolute Gasteiger partial charge is 0.176 e. The van der Waals surface area contributed by atoms with E-state index in [1.165, 1.54) is 12.1 Å². The molecule has 0 saturated heterocycles. The van der Waals surface area contributed by atoms with Crippen molar-refractivity contribution in [3.05, 3.63) is 47.3 Å². The third kappa shape index (κ3) is 2.38. The molecule has 2 aromatic rings. The molecule has 0 aliphatic carbocycles. The number of aromatic nitrogens is 3. The van der Waals surface area contributed by atoms with Gasteiger partial charge in [-0.1, -0.05) is 12.1 Å². The first-order valence-corrected chi connectivity index (χ1v) is 4.53. The highest BCUT2D eigenvalue weighted by Gasteiger charge is 2.02. The van der Waals surface area contributed by atoms with E-state index in [1.807, 2.05) is 0 Å². The van der Waals surface area contributed by atoms with Crippen LogP contribution >= 0.6 is 0 Å². The van der Waals surface area contributed by atoms with Crippen molar-refractivity contribution in [2.45, 2.75) is 13.0 Å². The summed E-state index contributed by atoms with van der Waals surface area (Å²) in [5, 5.41) is 15.3. The summed E-state index contributed by atoms with van der Waals surface area (Å²) in [5.41, 5.74) is 0.942. The molecule has 2 N–H and O–H groups in total. The number of hydrogen-bond donors (Lipinski definition) is 2. The van der Waals surface area contributed by atoms with Gasteiger partial charge in [0.1, 0.15) is 18.2 Å². The number of H-pyrrole nitrogens is 1. The summed E-state index contributed by atoms with van der Waals surface area (Å²) in [4.78, 5) is 4.04. The summed E-state index contributed by atoms with van der Waals surface area (Å²) in [7, 11) is 0. The van der Waals surface area contributed by atoms with Crippen molar-refractivity contribution in [1.29, 1.82) is 0 Å². The molecule has 0 radical (unpaired) electrons. The van der Waals surface area contributed by atoms with Crippen molar-refractivity contribution in [1.82, 2.24) is 15.2 Å². The minimum atomic E-state index is -0.257. The quantitative estimate of drug-likeness (QED) is 0.790. The normalized spacial score (nSPS) is 10.5. The maximum Gasteiger partial charge on any atom is 0.176 e. The second-order valence-electron chi connectivity index (χ2n) is 3.16. The Kier molecular flexibility index (Phi) is 2.73. The maximum atomic E-state index is 12.6. The molecule has 78 valence electrons. The van der Waals surface area contributed by atoms with Gasteiger partial charge in [-0.3, -0.25) is 5.10 Å². The fraction of sp³-hybridized carbons (Fsp3) is 0.200. The summed E-state index contributed by atoms with van der Waals surface area (Å²) in [6.07, 6.45) is 0.549. The molecule has 0 amide bonds. The van der Waals surface area contributed by atoms with E-state index in [-0.39, 0.29) is 12.4 Å². The topological polar surface area (TPSA) is 61.8 Å². The minimum Gasteiger partial charge on any atom is -0.388 e. The van der Waals surface area contributed by atoms with Gasteiger partial charge >= 0.3 is 0 Å². The number of benzene rings is 1. The van der Waals surface area contributed by atoms with E-state index >= 15 is 0 Å². The van der Waals surface area contributed by atoms with Crippen LogP contribution in [0.2, 0.25) is 0 Å². The van der Waals surface area contributed by atoms with E-state index in [9.17, 15) is 4.39 Å². The van der Waals surface area contributed by atoms with Crippen LogP contribution in [0, 0.1) is 5.82 Å². The largest absolute Gasteiger partial charge is 0.388 e. The van der Waals surface area contributed by atoms with Crippen molar-refractivity contribution in [3.63, 3.8) is 0 Å². The summed E-state index contributed by atoms with van der Waals surface area (Å²) in [6, 6.07) is 6.18. The SMILES string of the molecule is OCc1n[nH]c(Cc2ccc(F)cc2)n1. The standard InChI is InChI=1S/C10H10FN3O/c11-8-3-1-7(2-4-8)5-9-12-10(6-15)14-13-9/h1-4,15H,5-6H2,(H,12,13,14). The zero-order valence-electron chi connectivity index (χ0n) is 7.94. The van der Waals surface area contributed by atoms with E-state index in [0.717, 1.165) is 5.56 Å². The van der Waals surface area contributed by atoms with Gasteiger partial charge in [0.25, 0.3) is 0 Å². The van der Waals surface area contributed by atoms with Gasteiger partial charge in [-0.2, -0.15) is 5.10 Å². The van der Waals surface area contributed by atoms with Gasteiger partial charge < -0.3 is 5.11 Å². The van der Waals surface area contributed by atoms with E-state index in [2.05, 4.69) is 15.2 Å². The number of halogens is 1. The number of aliphatic hydroxyl groups is 1. The molecular weight excluding hydrogens is 197 g/mol. The van der Waals surface area contributed by atoms with Gasteiger partial charge in [-0.15, -0.1) is 0 Å². The summed E-state index contributed by atoms with van der Waals surface area (Å²) in [6.45, 7) is -0.181. The third-order valence-electron chi connectivity index (χ3n) is 2.00. The van der Waals surface area contributed by atoms with Crippen LogP contribution in [0.1, 0.15) is 17.2 Å². The van der Waals surface area contributed by atoms with Crippen LogP contribution in [0.3, 0.4) is 0 Å². The first-order chi connectivity index (χ1) is 7.28. The fourth-order valence-electron chi connectivity index (χ4n) is 1.28. The van der Waals surface area contributed by atoms with Crippen molar-refractivity contribution in [2.75, 3.05) is 0 Å². The Bertz CT molecular complexity index is 438. The lowest BCUT2D eigenvalue weighted by atomic mass is 10.1. The van der Waals surface area contributed by atoms with Gasteiger partial charge in [0.15, 0.2) is 5.82 Å². The van der Waals surface area contributed by atoms with Gasteiger partial charge in [-0.05, 0) is 17.7 Å². The number of hydrogen-bond acceptors (Lipinski definition) is 3. The minimum absolute atomic E-state index is 0.181.